The molecular formula is C15H12ClFOS. The van der Waals surface area contributed by atoms with E-state index in [-0.39, 0.29) is 11.3 Å². The minimum absolute atomic E-state index is 0.135. The molecule has 0 radical (unpaired) electrons. The molecule has 19 heavy (non-hydrogen) atoms. The predicted molar refractivity (Wildman–Crippen MR) is 78.5 cm³/mol. The molecule has 0 aliphatic rings. The van der Waals surface area contributed by atoms with E-state index in [1.54, 1.807) is 12.1 Å². The van der Waals surface area contributed by atoms with E-state index >= 15 is 0 Å². The molecule has 0 amide bonds. The third-order valence-electron chi connectivity index (χ3n) is 2.65. The van der Waals surface area contributed by atoms with Gasteiger partial charge in [0, 0.05) is 10.4 Å². The highest BCUT2D eigenvalue weighted by Gasteiger charge is 2.07. The van der Waals surface area contributed by atoms with Gasteiger partial charge >= 0.3 is 0 Å². The van der Waals surface area contributed by atoms with E-state index in [9.17, 15) is 9.18 Å². The Bertz CT molecular complexity index is 611. The van der Waals surface area contributed by atoms with E-state index in [1.807, 2.05) is 13.0 Å². The third kappa shape index (κ3) is 3.31. The number of allylic oxidation sites excluding steroid dienone is 1. The van der Waals surface area contributed by atoms with Crippen LogP contribution in [0.4, 0.5) is 4.39 Å². The summed E-state index contributed by atoms with van der Waals surface area (Å²) in [6.07, 6.45) is 3.68. The van der Waals surface area contributed by atoms with Crippen molar-refractivity contribution in [2.75, 3.05) is 0 Å². The normalized spacial score (nSPS) is 11.1. The Kier molecular flexibility index (Phi) is 4.51. The van der Waals surface area contributed by atoms with Gasteiger partial charge in [0.15, 0.2) is 5.78 Å². The molecule has 0 spiro atoms. The lowest BCUT2D eigenvalue weighted by molar-refractivity contribution is 0.105. The predicted octanol–water partition coefficient (Wildman–Crippen LogP) is 5.00. The summed E-state index contributed by atoms with van der Waals surface area (Å²) < 4.78 is 13.5. The second-order valence-electron chi connectivity index (χ2n) is 3.95. The van der Waals surface area contributed by atoms with Crippen LogP contribution < -0.4 is 0 Å². The summed E-state index contributed by atoms with van der Waals surface area (Å²) in [6, 6.07) is 8.16. The first-order valence-electron chi connectivity index (χ1n) is 5.87. The van der Waals surface area contributed by atoms with Crippen LogP contribution in [0.25, 0.3) is 6.08 Å². The van der Waals surface area contributed by atoms with E-state index in [4.69, 9.17) is 11.6 Å². The molecule has 2 aromatic rings. The number of benzene rings is 1. The summed E-state index contributed by atoms with van der Waals surface area (Å²) in [6.45, 7) is 2.04. The molecule has 0 atom stereocenters. The van der Waals surface area contributed by atoms with Crippen molar-refractivity contribution in [3.05, 3.63) is 62.6 Å². The van der Waals surface area contributed by atoms with Crippen LogP contribution >= 0.6 is 22.9 Å². The Labute approximate surface area is 120 Å². The van der Waals surface area contributed by atoms with Crippen molar-refractivity contribution in [1.82, 2.24) is 0 Å². The molecule has 98 valence electrons. The number of rotatable bonds is 4. The molecule has 0 unspecified atom stereocenters. The first-order valence-corrected chi connectivity index (χ1v) is 7.06. The summed E-state index contributed by atoms with van der Waals surface area (Å²) in [5, 5.41) is 0.296. The highest BCUT2D eigenvalue weighted by molar-refractivity contribution is 7.14. The topological polar surface area (TPSA) is 17.1 Å². The molecule has 0 saturated heterocycles. The number of halogens is 2. The maximum Gasteiger partial charge on any atom is 0.195 e. The van der Waals surface area contributed by atoms with Crippen LogP contribution in [-0.2, 0) is 6.42 Å². The van der Waals surface area contributed by atoms with Crippen molar-refractivity contribution >= 4 is 34.8 Å². The van der Waals surface area contributed by atoms with Gasteiger partial charge in [-0.1, -0.05) is 24.6 Å². The van der Waals surface area contributed by atoms with Gasteiger partial charge in [-0.25, -0.2) is 4.39 Å². The average molecular weight is 295 g/mol. The SMILES string of the molecule is CCc1ccc(C(=O)/C=C/c2c(F)cccc2Cl)s1. The van der Waals surface area contributed by atoms with Gasteiger partial charge in [-0.2, -0.15) is 0 Å². The molecule has 1 aromatic carbocycles. The fourth-order valence-electron chi connectivity index (χ4n) is 1.61. The highest BCUT2D eigenvalue weighted by Crippen LogP contribution is 2.22. The molecule has 0 aliphatic carbocycles. The van der Waals surface area contributed by atoms with Gasteiger partial charge in [0.05, 0.1) is 9.90 Å². The number of hydrogen-bond acceptors (Lipinski definition) is 2. The first kappa shape index (κ1) is 14.0. The van der Waals surface area contributed by atoms with Crippen LogP contribution in [0.3, 0.4) is 0 Å². The Morgan fingerprint density at radius 1 is 1.37 bits per heavy atom. The molecule has 0 fully saturated rings. The van der Waals surface area contributed by atoms with Crippen molar-refractivity contribution in [2.24, 2.45) is 0 Å². The van der Waals surface area contributed by atoms with Crippen molar-refractivity contribution in [2.45, 2.75) is 13.3 Å². The van der Waals surface area contributed by atoms with E-state index < -0.39 is 5.82 Å². The van der Waals surface area contributed by atoms with Crippen LogP contribution in [0.5, 0.6) is 0 Å². The van der Waals surface area contributed by atoms with E-state index in [0.29, 0.717) is 9.90 Å². The van der Waals surface area contributed by atoms with Crippen LogP contribution in [0.2, 0.25) is 5.02 Å². The monoisotopic (exact) mass is 294 g/mol. The number of aryl methyl sites for hydroxylation is 1. The second-order valence-corrected chi connectivity index (χ2v) is 5.53. The first-order chi connectivity index (χ1) is 9.11. The van der Waals surface area contributed by atoms with E-state index in [1.165, 1.54) is 35.6 Å². The zero-order valence-corrected chi connectivity index (χ0v) is 11.9. The Balaban J connectivity index is 2.20. The van der Waals surface area contributed by atoms with Gasteiger partial charge in [0.25, 0.3) is 0 Å². The lowest BCUT2D eigenvalue weighted by Gasteiger charge is -1.98. The second kappa shape index (κ2) is 6.13. The zero-order valence-electron chi connectivity index (χ0n) is 10.3. The number of thiophene rings is 1. The third-order valence-corrected chi connectivity index (χ3v) is 4.23. The zero-order chi connectivity index (χ0) is 13.8. The number of carbonyl (C=O) groups is 1. The molecule has 1 nitrogen and oxygen atoms in total. The smallest absolute Gasteiger partial charge is 0.195 e. The average Bonchev–Trinajstić information content (AvgIpc) is 2.86. The van der Waals surface area contributed by atoms with Crippen molar-refractivity contribution in [3.63, 3.8) is 0 Å². The molecular weight excluding hydrogens is 283 g/mol. The summed E-state index contributed by atoms with van der Waals surface area (Å²) in [5.74, 6) is -0.569. The summed E-state index contributed by atoms with van der Waals surface area (Å²) in [7, 11) is 0. The maximum absolute atomic E-state index is 13.5. The molecule has 1 heterocycles. The Hall–Kier alpha value is -1.45. The number of carbonyl (C=O) groups excluding carboxylic acids is 1. The fourth-order valence-corrected chi connectivity index (χ4v) is 2.71. The summed E-state index contributed by atoms with van der Waals surface area (Å²) >= 11 is 7.34. The molecule has 0 aliphatic heterocycles. The highest BCUT2D eigenvalue weighted by atomic mass is 35.5. The van der Waals surface area contributed by atoms with Crippen LogP contribution in [0.1, 0.15) is 27.0 Å². The fraction of sp³-hybridized carbons (Fsp3) is 0.133. The van der Waals surface area contributed by atoms with Crippen LogP contribution in [0.15, 0.2) is 36.4 Å². The minimum atomic E-state index is -0.433. The van der Waals surface area contributed by atoms with Gasteiger partial charge in [-0.3, -0.25) is 4.79 Å². The molecule has 0 bridgehead atoms. The molecule has 1 aromatic heterocycles. The van der Waals surface area contributed by atoms with Crippen LogP contribution in [0, 0.1) is 5.82 Å². The van der Waals surface area contributed by atoms with Gasteiger partial charge in [-0.15, -0.1) is 11.3 Å². The Morgan fingerprint density at radius 3 is 2.79 bits per heavy atom. The minimum Gasteiger partial charge on any atom is -0.288 e. The number of hydrogen-bond donors (Lipinski definition) is 0. The van der Waals surface area contributed by atoms with Crippen molar-refractivity contribution in [3.8, 4) is 0 Å². The summed E-state index contributed by atoms with van der Waals surface area (Å²) in [4.78, 5) is 13.7. The van der Waals surface area contributed by atoms with Gasteiger partial charge in [-0.05, 0) is 42.8 Å². The lowest BCUT2D eigenvalue weighted by Crippen LogP contribution is -1.90. The molecule has 4 heteroatoms. The Morgan fingerprint density at radius 2 is 2.16 bits per heavy atom. The van der Waals surface area contributed by atoms with Crippen molar-refractivity contribution in [1.29, 1.82) is 0 Å². The maximum atomic E-state index is 13.5. The lowest BCUT2D eigenvalue weighted by atomic mass is 10.1. The molecule has 0 saturated carbocycles. The van der Waals surface area contributed by atoms with Gasteiger partial charge in [0.2, 0.25) is 0 Å². The van der Waals surface area contributed by atoms with E-state index in [2.05, 4.69) is 0 Å². The number of ketones is 1. The van der Waals surface area contributed by atoms with Gasteiger partial charge in [0.1, 0.15) is 5.82 Å². The quantitative estimate of drug-likeness (QED) is 0.573. The van der Waals surface area contributed by atoms with Crippen molar-refractivity contribution < 1.29 is 9.18 Å². The van der Waals surface area contributed by atoms with Gasteiger partial charge < -0.3 is 0 Å². The van der Waals surface area contributed by atoms with Crippen LogP contribution in [-0.4, -0.2) is 5.78 Å². The summed E-state index contributed by atoms with van der Waals surface area (Å²) in [5.41, 5.74) is 0.241. The largest absolute Gasteiger partial charge is 0.288 e. The van der Waals surface area contributed by atoms with E-state index in [0.717, 1.165) is 11.3 Å². The molecule has 2 rings (SSSR count). The molecule has 0 N–H and O–H groups in total. The standard InChI is InChI=1S/C15H12ClFOS/c1-2-10-6-9-15(19-10)14(18)8-7-11-12(16)4-3-5-13(11)17/h3-9H,2H2,1H3/b8-7+.